The lowest BCUT2D eigenvalue weighted by atomic mass is 10.1. The Kier molecular flexibility index (Phi) is 10.6. The first-order valence-electron chi connectivity index (χ1n) is 14.0. The van der Waals surface area contributed by atoms with Crippen molar-refractivity contribution >= 4 is 20.0 Å². The molecule has 1 N–H and O–H groups in total. The van der Waals surface area contributed by atoms with Crippen LogP contribution in [0.15, 0.2) is 29.2 Å². The van der Waals surface area contributed by atoms with E-state index >= 15 is 4.39 Å². The molecule has 41 heavy (non-hydrogen) atoms. The molecule has 0 radical (unpaired) electrons. The van der Waals surface area contributed by atoms with E-state index in [2.05, 4.69) is 15.1 Å². The summed E-state index contributed by atoms with van der Waals surface area (Å²) < 4.78 is 49.6. The number of ether oxygens (including phenoxy) is 3. The predicted molar refractivity (Wildman–Crippen MR) is 155 cm³/mol. The van der Waals surface area contributed by atoms with Crippen LogP contribution in [-0.2, 0) is 13.8 Å². The lowest BCUT2D eigenvalue weighted by Crippen LogP contribution is -2.38. The Morgan fingerprint density at radius 3 is 2.63 bits per heavy atom. The van der Waals surface area contributed by atoms with Crippen molar-refractivity contribution in [3.8, 4) is 17.2 Å². The molecular weight excluding hydrogens is 552 g/mol. The summed E-state index contributed by atoms with van der Waals surface area (Å²) in [6.45, 7) is 19.9. The fourth-order valence-corrected chi connectivity index (χ4v) is 6.61. The maximum absolute atomic E-state index is 16.2. The molecule has 2 unspecified atom stereocenters. The largest absolute Gasteiger partial charge is 0.491 e. The van der Waals surface area contributed by atoms with Crippen LogP contribution in [0, 0.1) is 6.57 Å². The van der Waals surface area contributed by atoms with Gasteiger partial charge >= 0.3 is 5.69 Å². The molecule has 2 aliphatic heterocycles. The van der Waals surface area contributed by atoms with Crippen molar-refractivity contribution in [3.63, 3.8) is 0 Å². The highest BCUT2D eigenvalue weighted by molar-refractivity contribution is 7.44. The average molecular weight is 592 g/mol. The van der Waals surface area contributed by atoms with E-state index in [4.69, 9.17) is 29.8 Å². The molecule has 1 fully saturated rings. The van der Waals surface area contributed by atoms with Crippen LogP contribution in [-0.4, -0.2) is 64.4 Å². The Balaban J connectivity index is 1.59. The number of hydrogen-bond acceptors (Lipinski definition) is 9. The van der Waals surface area contributed by atoms with Crippen molar-refractivity contribution < 1.29 is 27.6 Å². The summed E-state index contributed by atoms with van der Waals surface area (Å²) in [5.41, 5.74) is -0.121. The summed E-state index contributed by atoms with van der Waals surface area (Å²) in [5.74, 6) is 1.55. The van der Waals surface area contributed by atoms with Crippen LogP contribution < -0.4 is 20.5 Å². The molecule has 11 nitrogen and oxygen atoms in total. The van der Waals surface area contributed by atoms with Gasteiger partial charge in [0, 0.05) is 12.1 Å². The molecule has 0 aliphatic carbocycles. The van der Waals surface area contributed by atoms with Gasteiger partial charge in [-0.05, 0) is 52.7 Å². The lowest BCUT2D eigenvalue weighted by molar-refractivity contribution is -0.0274. The fraction of sp³-hybridized carbons (Fsp3) is 0.607. The molecule has 224 valence electrons. The van der Waals surface area contributed by atoms with Crippen molar-refractivity contribution in [2.24, 2.45) is 0 Å². The number of halogens is 1. The normalized spacial score (nSPS) is 22.2. The molecule has 2 aliphatic rings. The molecule has 0 saturated carbocycles. The van der Waals surface area contributed by atoms with Crippen molar-refractivity contribution in [2.75, 3.05) is 25.1 Å². The van der Waals surface area contributed by atoms with E-state index in [1.165, 1.54) is 6.20 Å². The summed E-state index contributed by atoms with van der Waals surface area (Å²) in [5, 5.41) is 3.13. The van der Waals surface area contributed by atoms with E-state index in [1.54, 1.807) is 6.07 Å². The Labute approximate surface area is 241 Å². The Morgan fingerprint density at radius 1 is 1.22 bits per heavy atom. The maximum Gasteiger partial charge on any atom is 0.352 e. The number of alkyl halides is 1. The molecule has 3 heterocycles. The monoisotopic (exact) mass is 591 g/mol. The minimum absolute atomic E-state index is 0.0539. The molecule has 4 rings (SSSR count). The fourth-order valence-electron chi connectivity index (χ4n) is 4.85. The van der Waals surface area contributed by atoms with Crippen molar-refractivity contribution in [1.82, 2.24) is 14.2 Å². The second-order valence-corrected chi connectivity index (χ2v) is 11.8. The van der Waals surface area contributed by atoms with E-state index < -0.39 is 38.8 Å². The van der Waals surface area contributed by atoms with Gasteiger partial charge in [0.15, 0.2) is 29.7 Å². The number of anilines is 2. The van der Waals surface area contributed by atoms with Gasteiger partial charge in [0.05, 0.1) is 18.9 Å². The van der Waals surface area contributed by atoms with Crippen molar-refractivity contribution in [1.29, 1.82) is 0 Å². The minimum atomic E-state index is -1.70. The number of nitrogens with zero attached hydrogens (tertiary/aromatic N) is 4. The zero-order valence-corrected chi connectivity index (χ0v) is 25.3. The third-order valence-electron chi connectivity index (χ3n) is 6.64. The first kappa shape index (κ1) is 31.1. The molecule has 0 spiro atoms. The van der Waals surface area contributed by atoms with Gasteiger partial charge in [0.1, 0.15) is 24.1 Å². The van der Waals surface area contributed by atoms with Crippen LogP contribution in [0.5, 0.6) is 17.2 Å². The number of hydrogen-bond donors (Lipinski definition) is 1. The number of fused-ring (bicyclic) bond motifs is 2. The van der Waals surface area contributed by atoms with Crippen LogP contribution >= 0.6 is 8.53 Å². The smallest absolute Gasteiger partial charge is 0.352 e. The zero-order chi connectivity index (χ0) is 29.7. The maximum atomic E-state index is 16.2. The van der Waals surface area contributed by atoms with Gasteiger partial charge in [-0.3, -0.25) is 4.57 Å². The summed E-state index contributed by atoms with van der Waals surface area (Å²) in [7, 11) is -1.70. The summed E-state index contributed by atoms with van der Waals surface area (Å²) in [6, 6.07) is 5.49. The summed E-state index contributed by atoms with van der Waals surface area (Å²) in [6.07, 6.45) is -1.89. The average Bonchev–Trinajstić information content (AvgIpc) is 3.24. The Hall–Kier alpha value is -2.81. The molecule has 1 aromatic heterocycles. The number of nitrogens with one attached hydrogen (secondary N) is 1. The standard InChI is InChI=1S/C28H39FN5O6P/c1-8-14-36-20-11-10-12-21-24(20)31-26-22(38-21)16-33(28(35)32-26)27-23(29)25(19(9-2)39-27)40-41(37-15-13-30-7)34(17(3)4)18(5)6/h10-12,16-19,23,25,27H,8-9,13-15H2,1-6H3,(H,31,32,35)/t19-,23+,25?,27-,41?/m1/s1. The number of para-hydroxylation sites is 1. The van der Waals surface area contributed by atoms with Crippen molar-refractivity contribution in [2.45, 2.75) is 91.1 Å². The summed E-state index contributed by atoms with van der Waals surface area (Å²) in [4.78, 5) is 20.7. The van der Waals surface area contributed by atoms with Crippen molar-refractivity contribution in [3.05, 3.63) is 46.3 Å². The highest BCUT2D eigenvalue weighted by Gasteiger charge is 2.49. The molecule has 0 amide bonds. The topological polar surface area (TPSA) is 101 Å². The van der Waals surface area contributed by atoms with Crippen LogP contribution in [0.3, 0.4) is 0 Å². The second-order valence-electron chi connectivity index (χ2n) is 10.4. The quantitative estimate of drug-likeness (QED) is 0.142. The number of rotatable bonds is 13. The first-order chi connectivity index (χ1) is 19.7. The van der Waals surface area contributed by atoms with E-state index in [9.17, 15) is 4.79 Å². The zero-order valence-electron chi connectivity index (χ0n) is 24.4. The van der Waals surface area contributed by atoms with Gasteiger partial charge in [-0.15, -0.1) is 0 Å². The Bertz CT molecular complexity index is 1280. The Morgan fingerprint density at radius 2 is 1.98 bits per heavy atom. The second kappa shape index (κ2) is 13.9. The van der Waals surface area contributed by atoms with Gasteiger partial charge in [0.25, 0.3) is 8.53 Å². The molecule has 0 bridgehead atoms. The predicted octanol–water partition coefficient (Wildman–Crippen LogP) is 6.19. The van der Waals surface area contributed by atoms with E-state index in [1.807, 2.05) is 58.3 Å². The van der Waals surface area contributed by atoms with Gasteiger partial charge in [-0.1, -0.05) is 19.9 Å². The third-order valence-corrected chi connectivity index (χ3v) is 8.77. The van der Waals surface area contributed by atoms with Gasteiger partial charge < -0.3 is 33.4 Å². The molecule has 13 heteroatoms. The van der Waals surface area contributed by atoms with E-state index in [0.717, 1.165) is 11.0 Å². The number of benzene rings is 1. The number of aromatic nitrogens is 2. The van der Waals surface area contributed by atoms with E-state index in [0.29, 0.717) is 30.2 Å². The highest BCUT2D eigenvalue weighted by Crippen LogP contribution is 2.51. The molecule has 1 saturated heterocycles. The minimum Gasteiger partial charge on any atom is -0.491 e. The van der Waals surface area contributed by atoms with Crippen LogP contribution in [0.25, 0.3) is 4.85 Å². The van der Waals surface area contributed by atoms with Gasteiger partial charge in [-0.25, -0.2) is 20.4 Å². The SMILES string of the molecule is [C-]#[N+]CCOP(OC1[C@@H](CC)O[C@@H](n2cc3c(nc2=O)Nc2c(OCCC)cccc2O3)[C@H]1F)N(C(C)C)C(C)C. The first-order valence-corrected chi connectivity index (χ1v) is 15.2. The van der Waals surface area contributed by atoms with Crippen LogP contribution in [0.1, 0.15) is 60.6 Å². The van der Waals surface area contributed by atoms with Gasteiger partial charge in [0.2, 0.25) is 6.54 Å². The highest BCUT2D eigenvalue weighted by atomic mass is 31.2. The molecule has 5 atom stereocenters. The molecule has 1 aromatic carbocycles. The third kappa shape index (κ3) is 6.82. The lowest BCUT2D eigenvalue weighted by Gasteiger charge is -2.37. The van der Waals surface area contributed by atoms with Gasteiger partial charge in [-0.2, -0.15) is 4.98 Å². The molecular formula is C28H39FN5O6P. The molecule has 2 aromatic rings. The van der Waals surface area contributed by atoms with Crippen LogP contribution in [0.2, 0.25) is 0 Å². The summed E-state index contributed by atoms with van der Waals surface area (Å²) >= 11 is 0. The van der Waals surface area contributed by atoms with E-state index in [-0.39, 0.29) is 36.8 Å². The van der Waals surface area contributed by atoms with Crippen LogP contribution in [0.4, 0.5) is 15.9 Å².